The molecule has 1 aliphatic carbocycles. The zero-order chi connectivity index (χ0) is 17.5. The van der Waals surface area contributed by atoms with Gasteiger partial charge in [-0.3, -0.25) is 10.1 Å². The lowest BCUT2D eigenvalue weighted by Gasteiger charge is -2.15. The third-order valence-electron chi connectivity index (χ3n) is 3.96. The minimum Gasteiger partial charge on any atom is -0.478 e. The molecule has 0 amide bonds. The van der Waals surface area contributed by atoms with E-state index in [4.69, 9.17) is 0 Å². The van der Waals surface area contributed by atoms with Gasteiger partial charge in [-0.25, -0.2) is 13.2 Å². The lowest BCUT2D eigenvalue weighted by atomic mass is 10.1. The fourth-order valence-electron chi connectivity index (χ4n) is 2.51. The van der Waals surface area contributed by atoms with Crippen LogP contribution in [0, 0.1) is 0 Å². The van der Waals surface area contributed by atoms with Gasteiger partial charge in [0.1, 0.15) is 5.37 Å². The van der Waals surface area contributed by atoms with Crippen LogP contribution in [0.3, 0.4) is 0 Å². The van der Waals surface area contributed by atoms with E-state index >= 15 is 0 Å². The van der Waals surface area contributed by atoms with Crippen molar-refractivity contribution in [3.8, 4) is 0 Å². The van der Waals surface area contributed by atoms with Gasteiger partial charge >= 0.3 is 5.97 Å². The van der Waals surface area contributed by atoms with E-state index in [-0.39, 0.29) is 27.3 Å². The summed E-state index contributed by atoms with van der Waals surface area (Å²) in [6.45, 7) is 3.56. The molecule has 0 aliphatic heterocycles. The molecule has 8 heteroatoms. The Morgan fingerprint density at radius 3 is 2.67 bits per heavy atom. The molecule has 0 saturated heterocycles. The standard InChI is InChI=1S/C16H16N2O5S/c1-2-14(18-9-3-4-9)24(22,23)10-5-6-11-12(7-10)15(19)17-8-13(11)16(20)21/h2,5-9,14,18H,1,3-4H2,(H,17,19)(H,20,21). The van der Waals surface area contributed by atoms with E-state index in [2.05, 4.69) is 16.9 Å². The van der Waals surface area contributed by atoms with Gasteiger partial charge < -0.3 is 10.1 Å². The number of benzene rings is 1. The monoisotopic (exact) mass is 348 g/mol. The summed E-state index contributed by atoms with van der Waals surface area (Å²) in [5.41, 5.74) is -0.637. The SMILES string of the molecule is C=CC(NC1CC1)S(=O)(=O)c1ccc2c(C(=O)O)c[nH]c(=O)c2c1. The van der Waals surface area contributed by atoms with Crippen LogP contribution in [0.2, 0.25) is 0 Å². The van der Waals surface area contributed by atoms with Crippen LogP contribution in [0.15, 0.2) is 46.7 Å². The first-order chi connectivity index (χ1) is 11.3. The largest absolute Gasteiger partial charge is 0.478 e. The molecule has 1 atom stereocenters. The first-order valence-electron chi connectivity index (χ1n) is 7.36. The first-order valence-corrected chi connectivity index (χ1v) is 8.90. The van der Waals surface area contributed by atoms with Crippen molar-refractivity contribution < 1.29 is 18.3 Å². The summed E-state index contributed by atoms with van der Waals surface area (Å²) in [6, 6.07) is 4.03. The molecular formula is C16H16N2O5S. The molecule has 24 heavy (non-hydrogen) atoms. The van der Waals surface area contributed by atoms with Gasteiger partial charge in [0.15, 0.2) is 9.84 Å². The number of sulfone groups is 1. The number of nitrogens with one attached hydrogen (secondary N) is 2. The number of fused-ring (bicyclic) bond motifs is 1. The Bertz CT molecular complexity index is 989. The minimum absolute atomic E-state index is 0.0187. The Balaban J connectivity index is 2.13. The molecule has 3 rings (SSSR count). The maximum absolute atomic E-state index is 12.7. The average Bonchev–Trinajstić information content (AvgIpc) is 3.36. The molecule has 1 heterocycles. The van der Waals surface area contributed by atoms with Gasteiger partial charge in [0.05, 0.1) is 10.5 Å². The molecule has 1 aromatic heterocycles. The van der Waals surface area contributed by atoms with Gasteiger partial charge in [0.2, 0.25) is 0 Å². The second-order valence-corrected chi connectivity index (χ2v) is 7.76. The number of H-pyrrole nitrogens is 1. The Morgan fingerprint density at radius 2 is 2.08 bits per heavy atom. The number of carboxylic acids is 1. The number of rotatable bonds is 6. The zero-order valence-corrected chi connectivity index (χ0v) is 13.5. The van der Waals surface area contributed by atoms with Crippen LogP contribution < -0.4 is 10.9 Å². The van der Waals surface area contributed by atoms with Crippen LogP contribution in [0.5, 0.6) is 0 Å². The maximum atomic E-state index is 12.7. The van der Waals surface area contributed by atoms with Crippen molar-refractivity contribution in [2.45, 2.75) is 29.2 Å². The van der Waals surface area contributed by atoms with E-state index in [1.807, 2.05) is 0 Å². The van der Waals surface area contributed by atoms with Crippen LogP contribution in [0.1, 0.15) is 23.2 Å². The van der Waals surface area contributed by atoms with E-state index in [0.29, 0.717) is 0 Å². The van der Waals surface area contributed by atoms with Crippen molar-refractivity contribution >= 4 is 26.6 Å². The molecule has 126 valence electrons. The zero-order valence-electron chi connectivity index (χ0n) is 12.7. The molecule has 0 bridgehead atoms. The van der Waals surface area contributed by atoms with Gasteiger partial charge in [-0.05, 0) is 25.0 Å². The molecule has 3 N–H and O–H groups in total. The number of hydrogen-bond donors (Lipinski definition) is 3. The first kappa shape index (κ1) is 16.4. The summed E-state index contributed by atoms with van der Waals surface area (Å²) < 4.78 is 25.5. The minimum atomic E-state index is -3.78. The molecule has 0 spiro atoms. The Labute approximate surface area is 137 Å². The second kappa shape index (κ2) is 5.88. The molecule has 2 aromatic rings. The van der Waals surface area contributed by atoms with Gasteiger partial charge in [0, 0.05) is 23.0 Å². The third kappa shape index (κ3) is 2.85. The Hall–Kier alpha value is -2.45. The van der Waals surface area contributed by atoms with Gasteiger partial charge in [-0.1, -0.05) is 12.1 Å². The van der Waals surface area contributed by atoms with E-state index in [9.17, 15) is 23.1 Å². The normalized spacial score (nSPS) is 16.0. The summed E-state index contributed by atoms with van der Waals surface area (Å²) >= 11 is 0. The smallest absolute Gasteiger partial charge is 0.337 e. The van der Waals surface area contributed by atoms with Gasteiger partial charge in [0.25, 0.3) is 5.56 Å². The predicted octanol–water partition coefficient (Wildman–Crippen LogP) is 1.26. The molecule has 7 nitrogen and oxygen atoms in total. The molecule has 1 saturated carbocycles. The van der Waals surface area contributed by atoms with Crippen molar-refractivity contribution in [2.75, 3.05) is 0 Å². The maximum Gasteiger partial charge on any atom is 0.337 e. The molecular weight excluding hydrogens is 332 g/mol. The molecule has 0 radical (unpaired) electrons. The summed E-state index contributed by atoms with van der Waals surface area (Å²) in [7, 11) is -3.78. The van der Waals surface area contributed by atoms with E-state index in [1.54, 1.807) is 0 Å². The highest BCUT2D eigenvalue weighted by atomic mass is 32.2. The number of carboxylic acid groups (broad SMARTS) is 1. The molecule has 1 unspecified atom stereocenters. The van der Waals surface area contributed by atoms with Crippen molar-refractivity contribution in [1.29, 1.82) is 0 Å². The van der Waals surface area contributed by atoms with Crippen LogP contribution in [-0.2, 0) is 9.84 Å². The Morgan fingerprint density at radius 1 is 1.38 bits per heavy atom. The number of hydrogen-bond acceptors (Lipinski definition) is 5. The van der Waals surface area contributed by atoms with Crippen molar-refractivity contribution in [3.63, 3.8) is 0 Å². The van der Waals surface area contributed by atoms with E-state index in [0.717, 1.165) is 19.0 Å². The molecule has 1 aliphatic rings. The lowest BCUT2D eigenvalue weighted by molar-refractivity contribution is 0.0698. The third-order valence-corrected chi connectivity index (χ3v) is 5.87. The van der Waals surface area contributed by atoms with Crippen LogP contribution in [-0.4, -0.2) is 35.9 Å². The highest BCUT2D eigenvalue weighted by Crippen LogP contribution is 2.25. The van der Waals surface area contributed by atoms with Gasteiger partial charge in [-0.15, -0.1) is 6.58 Å². The Kier molecular flexibility index (Phi) is 4.02. The summed E-state index contributed by atoms with van der Waals surface area (Å²) in [5, 5.41) is 11.4. The fourth-order valence-corrected chi connectivity index (χ4v) is 3.96. The lowest BCUT2D eigenvalue weighted by Crippen LogP contribution is -2.36. The number of carbonyl (C=O) groups is 1. The van der Waals surface area contributed by atoms with Crippen LogP contribution in [0.4, 0.5) is 0 Å². The van der Waals surface area contributed by atoms with Gasteiger partial charge in [-0.2, -0.15) is 0 Å². The van der Waals surface area contributed by atoms with Crippen molar-refractivity contribution in [1.82, 2.24) is 10.3 Å². The average molecular weight is 348 g/mol. The highest BCUT2D eigenvalue weighted by molar-refractivity contribution is 7.92. The summed E-state index contributed by atoms with van der Waals surface area (Å²) in [6.07, 6.45) is 4.25. The number of aromatic amines is 1. The number of pyridine rings is 1. The number of aromatic nitrogens is 1. The summed E-state index contributed by atoms with van der Waals surface area (Å²) in [4.78, 5) is 25.5. The fraction of sp³-hybridized carbons (Fsp3) is 0.250. The van der Waals surface area contributed by atoms with Crippen molar-refractivity contribution in [2.24, 2.45) is 0 Å². The second-order valence-electron chi connectivity index (χ2n) is 5.69. The van der Waals surface area contributed by atoms with E-state index < -0.39 is 26.7 Å². The highest BCUT2D eigenvalue weighted by Gasteiger charge is 2.31. The van der Waals surface area contributed by atoms with Crippen LogP contribution >= 0.6 is 0 Å². The van der Waals surface area contributed by atoms with Crippen LogP contribution in [0.25, 0.3) is 10.8 Å². The van der Waals surface area contributed by atoms with Crippen molar-refractivity contribution in [3.05, 3.63) is 53.0 Å². The quantitative estimate of drug-likeness (QED) is 0.677. The summed E-state index contributed by atoms with van der Waals surface area (Å²) in [5.74, 6) is -1.20. The molecule has 1 aromatic carbocycles. The number of aromatic carboxylic acids is 1. The predicted molar refractivity (Wildman–Crippen MR) is 88.9 cm³/mol. The van der Waals surface area contributed by atoms with E-state index in [1.165, 1.54) is 24.3 Å². The topological polar surface area (TPSA) is 116 Å². The molecule has 1 fully saturated rings.